The molecule has 5 heteroatoms. The molecule has 2 atom stereocenters. The number of fused-ring (bicyclic) bond motifs is 4. The van der Waals surface area contributed by atoms with Gasteiger partial charge in [0.05, 0.1) is 5.69 Å². The van der Waals surface area contributed by atoms with E-state index < -0.39 is 12.1 Å². The molecule has 200 valence electrons. The van der Waals surface area contributed by atoms with E-state index in [-0.39, 0.29) is 17.5 Å². The molecule has 6 aromatic carbocycles. The van der Waals surface area contributed by atoms with E-state index in [9.17, 15) is 14.4 Å². The largest absolute Gasteiger partial charge is 0.478 e. The second-order valence-corrected chi connectivity index (χ2v) is 10.7. The first-order valence-corrected chi connectivity index (χ1v) is 13.9. The first kappa shape index (κ1) is 24.3. The van der Waals surface area contributed by atoms with Crippen molar-refractivity contribution in [3.8, 4) is 5.75 Å². The predicted molar refractivity (Wildman–Crippen MR) is 162 cm³/mol. The molecule has 0 spiro atoms. The van der Waals surface area contributed by atoms with Crippen LogP contribution in [0.4, 0.5) is 5.69 Å². The molecule has 1 fully saturated rings. The minimum absolute atomic E-state index is 0.171. The molecule has 0 saturated carbocycles. The number of hydrogen-bond acceptors (Lipinski definition) is 4. The average Bonchev–Trinajstić information content (AvgIpc) is 3.04. The summed E-state index contributed by atoms with van der Waals surface area (Å²) in [6, 6.07) is 39.3. The van der Waals surface area contributed by atoms with E-state index in [1.165, 1.54) is 0 Å². The number of carbonyl (C=O) groups is 3. The van der Waals surface area contributed by atoms with Gasteiger partial charge in [-0.25, -0.2) is 0 Å². The van der Waals surface area contributed by atoms with Gasteiger partial charge in [-0.1, -0.05) is 97.1 Å². The van der Waals surface area contributed by atoms with Crippen LogP contribution in [0.5, 0.6) is 5.75 Å². The van der Waals surface area contributed by atoms with E-state index in [2.05, 4.69) is 0 Å². The van der Waals surface area contributed by atoms with E-state index in [0.29, 0.717) is 28.0 Å². The van der Waals surface area contributed by atoms with Crippen LogP contribution < -0.4 is 9.64 Å². The number of carbonyl (C=O) groups excluding carboxylic acids is 3. The fourth-order valence-corrected chi connectivity index (χ4v) is 6.28. The van der Waals surface area contributed by atoms with Gasteiger partial charge >= 0.3 is 0 Å². The van der Waals surface area contributed by atoms with E-state index in [1.54, 1.807) is 41.3 Å². The van der Waals surface area contributed by atoms with Gasteiger partial charge in [0.15, 0.2) is 11.6 Å². The maximum Gasteiger partial charge on any atom is 0.271 e. The lowest BCUT2D eigenvalue weighted by Crippen LogP contribution is -2.61. The third-order valence-corrected chi connectivity index (χ3v) is 8.35. The van der Waals surface area contributed by atoms with Crippen molar-refractivity contribution in [2.24, 2.45) is 0 Å². The van der Waals surface area contributed by atoms with Gasteiger partial charge in [0.2, 0.25) is 6.10 Å². The Hall–Kier alpha value is -5.55. The monoisotopic (exact) mass is 545 g/mol. The molecule has 1 aliphatic heterocycles. The van der Waals surface area contributed by atoms with Gasteiger partial charge in [-0.3, -0.25) is 19.3 Å². The summed E-state index contributed by atoms with van der Waals surface area (Å²) in [5.41, 5.74) is 3.03. The van der Waals surface area contributed by atoms with Crippen LogP contribution in [-0.2, 0) is 4.79 Å². The van der Waals surface area contributed by atoms with Crippen molar-refractivity contribution in [1.29, 1.82) is 0 Å². The fourth-order valence-electron chi connectivity index (χ4n) is 6.28. The molecule has 0 unspecified atom stereocenters. The van der Waals surface area contributed by atoms with E-state index in [4.69, 9.17) is 4.74 Å². The van der Waals surface area contributed by atoms with Gasteiger partial charge in [0, 0.05) is 27.6 Å². The number of rotatable bonds is 4. The zero-order chi connectivity index (χ0) is 28.4. The molecule has 6 aromatic rings. The average molecular weight is 546 g/mol. The molecule has 1 aliphatic carbocycles. The molecule has 8 rings (SSSR count). The molecule has 5 nitrogen and oxygen atoms in total. The standard InChI is InChI=1S/C37H23NO4/c39-34-28-13-5-6-14-29(28)35(40)31-21-25(17-19-30(31)34)33-36(42-26-18-16-22-8-1-2-10-24(22)20-26)37(41)38(33)32-15-7-11-23-9-3-4-12-27(23)32/h1-21,33,36H/t33-,36-/m0/s1. The normalized spacial score (nSPS) is 17.6. The van der Waals surface area contributed by atoms with Crippen molar-refractivity contribution < 1.29 is 19.1 Å². The van der Waals surface area contributed by atoms with Gasteiger partial charge in [0.1, 0.15) is 11.8 Å². The fraction of sp³-hybridized carbons (Fsp3) is 0.0541. The first-order valence-electron chi connectivity index (χ1n) is 13.9. The Balaban J connectivity index is 1.25. The number of β-lactam (4-membered cyclic amide) rings is 1. The predicted octanol–water partition coefficient (Wildman–Crippen LogP) is 7.30. The van der Waals surface area contributed by atoms with Crippen molar-refractivity contribution in [3.63, 3.8) is 0 Å². The minimum Gasteiger partial charge on any atom is -0.478 e. The Kier molecular flexibility index (Phi) is 5.34. The van der Waals surface area contributed by atoms with Crippen molar-refractivity contribution in [3.05, 3.63) is 155 Å². The summed E-state index contributed by atoms with van der Waals surface area (Å²) < 4.78 is 6.41. The second-order valence-electron chi connectivity index (χ2n) is 10.7. The number of ketones is 2. The Morgan fingerprint density at radius 2 is 1.17 bits per heavy atom. The van der Waals surface area contributed by atoms with Crippen molar-refractivity contribution in [1.82, 2.24) is 0 Å². The molecule has 0 N–H and O–H groups in total. The smallest absolute Gasteiger partial charge is 0.271 e. The maximum absolute atomic E-state index is 13.9. The molecule has 0 aromatic heterocycles. The number of amides is 1. The number of ether oxygens (including phenoxy) is 1. The van der Waals surface area contributed by atoms with Gasteiger partial charge in [-0.05, 0) is 52.1 Å². The summed E-state index contributed by atoms with van der Waals surface area (Å²) in [6.07, 6.45) is -0.815. The Bertz CT molecular complexity index is 2110. The Labute approximate surface area is 241 Å². The van der Waals surface area contributed by atoms with Crippen LogP contribution in [0, 0.1) is 0 Å². The second kappa shape index (κ2) is 9.25. The third kappa shape index (κ3) is 3.60. The van der Waals surface area contributed by atoms with Crippen LogP contribution in [0.25, 0.3) is 21.5 Å². The van der Waals surface area contributed by atoms with Crippen LogP contribution in [0.1, 0.15) is 43.4 Å². The highest BCUT2D eigenvalue weighted by molar-refractivity contribution is 6.28. The lowest BCUT2D eigenvalue weighted by atomic mass is 9.81. The minimum atomic E-state index is -0.815. The SMILES string of the molecule is O=C1c2ccccc2C(=O)c2cc([C@H]3[C@H](Oc4ccc5ccccc5c4)C(=O)N3c3cccc4ccccc34)ccc21. The van der Waals surface area contributed by atoms with Crippen LogP contribution >= 0.6 is 0 Å². The molecule has 1 amide bonds. The third-order valence-electron chi connectivity index (χ3n) is 8.35. The van der Waals surface area contributed by atoms with Gasteiger partial charge < -0.3 is 4.74 Å². The maximum atomic E-state index is 13.9. The number of benzene rings is 6. The van der Waals surface area contributed by atoms with Crippen molar-refractivity contribution >= 4 is 44.7 Å². The van der Waals surface area contributed by atoms with Crippen LogP contribution in [0.3, 0.4) is 0 Å². The molecular weight excluding hydrogens is 522 g/mol. The van der Waals surface area contributed by atoms with E-state index in [0.717, 1.165) is 32.8 Å². The van der Waals surface area contributed by atoms with E-state index >= 15 is 0 Å². The van der Waals surface area contributed by atoms with Crippen LogP contribution in [0.15, 0.2) is 127 Å². The molecule has 0 bridgehead atoms. The van der Waals surface area contributed by atoms with Crippen molar-refractivity contribution in [2.45, 2.75) is 12.1 Å². The Morgan fingerprint density at radius 3 is 1.98 bits per heavy atom. The summed E-state index contributed by atoms with van der Waals surface area (Å²) in [4.78, 5) is 42.5. The number of anilines is 1. The molecule has 0 radical (unpaired) electrons. The number of nitrogens with zero attached hydrogens (tertiary/aromatic N) is 1. The van der Waals surface area contributed by atoms with Crippen molar-refractivity contribution in [2.75, 3.05) is 4.90 Å². The summed E-state index contributed by atoms with van der Waals surface area (Å²) >= 11 is 0. The zero-order valence-electron chi connectivity index (χ0n) is 22.4. The first-order chi connectivity index (χ1) is 20.6. The molecule has 1 heterocycles. The summed E-state index contributed by atoms with van der Waals surface area (Å²) in [6.45, 7) is 0. The van der Waals surface area contributed by atoms with Crippen LogP contribution in [-0.4, -0.2) is 23.6 Å². The number of hydrogen-bond donors (Lipinski definition) is 0. The van der Waals surface area contributed by atoms with Gasteiger partial charge in [-0.2, -0.15) is 0 Å². The zero-order valence-corrected chi connectivity index (χ0v) is 22.4. The molecule has 2 aliphatic rings. The molecular formula is C37H23NO4. The quantitative estimate of drug-likeness (QED) is 0.218. The highest BCUT2D eigenvalue weighted by atomic mass is 16.5. The highest BCUT2D eigenvalue weighted by Gasteiger charge is 2.52. The lowest BCUT2D eigenvalue weighted by Gasteiger charge is -2.47. The highest BCUT2D eigenvalue weighted by Crippen LogP contribution is 2.45. The molecule has 42 heavy (non-hydrogen) atoms. The summed E-state index contributed by atoms with van der Waals surface area (Å²) in [5, 5.41) is 4.06. The molecule has 1 saturated heterocycles. The topological polar surface area (TPSA) is 63.7 Å². The van der Waals surface area contributed by atoms with Gasteiger partial charge in [0.25, 0.3) is 5.91 Å². The van der Waals surface area contributed by atoms with Crippen LogP contribution in [0.2, 0.25) is 0 Å². The van der Waals surface area contributed by atoms with E-state index in [1.807, 2.05) is 91.0 Å². The van der Waals surface area contributed by atoms with Gasteiger partial charge in [-0.15, -0.1) is 0 Å². The summed E-state index contributed by atoms with van der Waals surface area (Å²) in [5.74, 6) is 0.0467. The summed E-state index contributed by atoms with van der Waals surface area (Å²) in [7, 11) is 0. The Morgan fingerprint density at radius 1 is 0.524 bits per heavy atom. The lowest BCUT2D eigenvalue weighted by molar-refractivity contribution is -0.135.